The minimum absolute atomic E-state index is 1.34. The van der Waals surface area contributed by atoms with Crippen LogP contribution in [0, 0.1) is 0 Å². The first-order chi connectivity index (χ1) is 14.2. The summed E-state index contributed by atoms with van der Waals surface area (Å²) >= 11 is 0. The molecule has 0 aromatic carbocycles. The quantitative estimate of drug-likeness (QED) is 0.207. The van der Waals surface area contributed by atoms with E-state index in [-0.39, 0.29) is 0 Å². The van der Waals surface area contributed by atoms with Gasteiger partial charge in [-0.2, -0.15) is 0 Å². The van der Waals surface area contributed by atoms with Crippen LogP contribution in [-0.4, -0.2) is 0 Å². The van der Waals surface area contributed by atoms with Gasteiger partial charge in [0, 0.05) is 0 Å². The molecule has 0 bridgehead atoms. The van der Waals surface area contributed by atoms with Crippen molar-refractivity contribution < 1.29 is 0 Å². The molecule has 0 aliphatic carbocycles. The zero-order valence-electron chi connectivity index (χ0n) is 22.8. The number of hydrogen-bond acceptors (Lipinski definition) is 0. The first kappa shape index (κ1) is 36.4. The molecular formula is C29H66. The Morgan fingerprint density at radius 1 is 0.172 bits per heavy atom. The second-order valence-electron chi connectivity index (χ2n) is 8.60. The van der Waals surface area contributed by atoms with Gasteiger partial charge in [0.1, 0.15) is 0 Å². The smallest absolute Gasteiger partial charge is 0.0533 e. The lowest BCUT2D eigenvalue weighted by Crippen LogP contribution is -1.77. The first-order valence-electron chi connectivity index (χ1n) is 14.2. The predicted molar refractivity (Wildman–Crippen MR) is 142 cm³/mol. The van der Waals surface area contributed by atoms with Gasteiger partial charge < -0.3 is 0 Å². The van der Waals surface area contributed by atoms with Crippen molar-refractivity contribution in [3.8, 4) is 0 Å². The Morgan fingerprint density at radius 2 is 0.310 bits per heavy atom. The Labute approximate surface area is 190 Å². The highest BCUT2D eigenvalue weighted by Gasteiger charge is 1.87. The maximum absolute atomic E-state index is 2.27. The van der Waals surface area contributed by atoms with E-state index >= 15 is 0 Å². The number of rotatable bonds is 17. The normalized spacial score (nSPS) is 9.52. The van der Waals surface area contributed by atoms with Gasteiger partial charge in [-0.15, -0.1) is 0 Å². The van der Waals surface area contributed by atoms with E-state index in [0.29, 0.717) is 0 Å². The van der Waals surface area contributed by atoms with Crippen LogP contribution < -0.4 is 0 Å². The summed E-state index contributed by atoms with van der Waals surface area (Å²) in [6.45, 7) is 17.9. The van der Waals surface area contributed by atoms with Gasteiger partial charge in [0.15, 0.2) is 0 Å². The van der Waals surface area contributed by atoms with Gasteiger partial charge in [-0.05, 0) is 0 Å². The third kappa shape index (κ3) is 65.5. The molecule has 0 fully saturated rings. The van der Waals surface area contributed by atoms with Crippen LogP contribution in [0.4, 0.5) is 0 Å². The van der Waals surface area contributed by atoms with Gasteiger partial charge in [-0.25, -0.2) is 0 Å². The summed E-state index contributed by atoms with van der Waals surface area (Å²) in [6.07, 6.45) is 29.6. The van der Waals surface area contributed by atoms with Gasteiger partial charge in [0.05, 0.1) is 0 Å². The molecule has 29 heavy (non-hydrogen) atoms. The maximum atomic E-state index is 2.27. The molecule has 0 aromatic rings. The fourth-order valence-electron chi connectivity index (χ4n) is 2.91. The highest BCUT2D eigenvalue weighted by Crippen LogP contribution is 2.07. The van der Waals surface area contributed by atoms with Crippen molar-refractivity contribution in [1.29, 1.82) is 0 Å². The van der Waals surface area contributed by atoms with E-state index in [0.717, 1.165) is 0 Å². The topological polar surface area (TPSA) is 0 Å². The third-order valence-corrected chi connectivity index (χ3v) is 5.08. The van der Waals surface area contributed by atoms with E-state index in [1.807, 2.05) is 0 Å². The minimum atomic E-state index is 1.34. The van der Waals surface area contributed by atoms with Crippen molar-refractivity contribution in [3.05, 3.63) is 0 Å². The molecule has 0 radical (unpaired) electrons. The number of unbranched alkanes of at least 4 members (excludes halogenated alkanes) is 17. The van der Waals surface area contributed by atoms with Crippen LogP contribution >= 0.6 is 0 Å². The Morgan fingerprint density at radius 3 is 0.448 bits per heavy atom. The molecule has 0 aromatic heterocycles. The standard InChI is InChI=1S/C10H22.C8H18.C6H14.C5H12/c1-3-5-7-9-10-8-6-4-2;1-3-5-7-8-6-4-2;1-3-5-6-4-2;1-3-5-4-2/h3-10H2,1-2H3;3-8H2,1-2H3;3-6H2,1-2H3;3-5H2,1-2H3. The average molecular weight is 415 g/mol. The summed E-state index contributed by atoms with van der Waals surface area (Å²) < 4.78 is 0. The lowest BCUT2D eigenvalue weighted by Gasteiger charge is -1.97. The third-order valence-electron chi connectivity index (χ3n) is 5.08. The summed E-state index contributed by atoms with van der Waals surface area (Å²) in [6, 6.07) is 0. The summed E-state index contributed by atoms with van der Waals surface area (Å²) in [7, 11) is 0. The molecule has 0 heterocycles. The van der Waals surface area contributed by atoms with Crippen molar-refractivity contribution in [1.82, 2.24) is 0 Å². The van der Waals surface area contributed by atoms with Gasteiger partial charge in [0.25, 0.3) is 0 Å². The average Bonchev–Trinajstić information content (AvgIpc) is 2.74. The van der Waals surface area contributed by atoms with Crippen LogP contribution in [-0.2, 0) is 0 Å². The summed E-state index contributed by atoms with van der Waals surface area (Å²) in [4.78, 5) is 0. The fourth-order valence-corrected chi connectivity index (χ4v) is 2.91. The highest BCUT2D eigenvalue weighted by molar-refractivity contribution is 4.43. The van der Waals surface area contributed by atoms with E-state index in [4.69, 9.17) is 0 Å². The molecule has 0 N–H and O–H groups in total. The van der Waals surface area contributed by atoms with Crippen molar-refractivity contribution in [3.63, 3.8) is 0 Å². The Bertz CT molecular complexity index is 164. The molecule has 0 nitrogen and oxygen atoms in total. The van der Waals surface area contributed by atoms with E-state index in [2.05, 4.69) is 55.4 Å². The van der Waals surface area contributed by atoms with Crippen molar-refractivity contribution in [2.75, 3.05) is 0 Å². The molecular weight excluding hydrogens is 348 g/mol. The van der Waals surface area contributed by atoms with E-state index in [1.54, 1.807) is 0 Å². The molecule has 0 aliphatic rings. The van der Waals surface area contributed by atoms with Crippen molar-refractivity contribution in [2.24, 2.45) is 0 Å². The lowest BCUT2D eigenvalue weighted by atomic mass is 10.1. The van der Waals surface area contributed by atoms with Crippen LogP contribution in [0.5, 0.6) is 0 Å². The molecule has 0 aliphatic heterocycles. The maximum Gasteiger partial charge on any atom is -0.0533 e. The lowest BCUT2D eigenvalue weighted by molar-refractivity contribution is 0.585. The fraction of sp³-hybridized carbons (Fsp3) is 1.00. The van der Waals surface area contributed by atoms with E-state index in [9.17, 15) is 0 Å². The van der Waals surface area contributed by atoms with Crippen LogP contribution in [0.2, 0.25) is 0 Å². The Hall–Kier alpha value is 0. The van der Waals surface area contributed by atoms with Gasteiger partial charge in [-0.1, -0.05) is 190 Å². The zero-order chi connectivity index (χ0) is 22.8. The van der Waals surface area contributed by atoms with Crippen LogP contribution in [0.1, 0.15) is 190 Å². The van der Waals surface area contributed by atoms with Crippen LogP contribution in [0.3, 0.4) is 0 Å². The summed E-state index contributed by atoms with van der Waals surface area (Å²) in [5.74, 6) is 0. The second kappa shape index (κ2) is 46.3. The Kier molecular flexibility index (Phi) is 58.1. The van der Waals surface area contributed by atoms with E-state index < -0.39 is 0 Å². The summed E-state index contributed by atoms with van der Waals surface area (Å²) in [5.41, 5.74) is 0. The van der Waals surface area contributed by atoms with Crippen molar-refractivity contribution in [2.45, 2.75) is 190 Å². The van der Waals surface area contributed by atoms with Crippen LogP contribution in [0.25, 0.3) is 0 Å². The predicted octanol–water partition coefficient (Wildman–Crippen LogP) is 12.3. The van der Waals surface area contributed by atoms with Gasteiger partial charge in [0.2, 0.25) is 0 Å². The minimum Gasteiger partial charge on any atom is -0.0654 e. The molecule has 0 rings (SSSR count). The SMILES string of the molecule is CCCCC.CCCCCC.CCCCCCCC.CCCCCCCCCC. The van der Waals surface area contributed by atoms with Gasteiger partial charge in [-0.3, -0.25) is 0 Å². The molecule has 0 saturated heterocycles. The number of hydrogen-bond donors (Lipinski definition) is 0. The largest absolute Gasteiger partial charge is 0.0654 e. The van der Waals surface area contributed by atoms with Crippen LogP contribution in [0.15, 0.2) is 0 Å². The summed E-state index contributed by atoms with van der Waals surface area (Å²) in [5, 5.41) is 0. The zero-order valence-corrected chi connectivity index (χ0v) is 22.8. The molecule has 0 heteroatoms. The van der Waals surface area contributed by atoms with E-state index in [1.165, 1.54) is 135 Å². The molecule has 0 atom stereocenters. The molecule has 0 amide bonds. The second-order valence-corrected chi connectivity index (χ2v) is 8.60. The molecule has 0 unspecified atom stereocenters. The monoisotopic (exact) mass is 415 g/mol. The molecule has 182 valence electrons. The highest BCUT2D eigenvalue weighted by atomic mass is 13.9. The van der Waals surface area contributed by atoms with Crippen molar-refractivity contribution >= 4 is 0 Å². The molecule has 0 spiro atoms. The Balaban J connectivity index is -0.000000149. The molecule has 0 saturated carbocycles. The van der Waals surface area contributed by atoms with Gasteiger partial charge >= 0.3 is 0 Å². The first-order valence-corrected chi connectivity index (χ1v) is 14.2.